The van der Waals surface area contributed by atoms with E-state index in [1.165, 1.54) is 16.0 Å². The topological polar surface area (TPSA) is 35.2 Å². The molecule has 0 fully saturated rings. The summed E-state index contributed by atoms with van der Waals surface area (Å²) in [7, 11) is 1.72. The summed E-state index contributed by atoms with van der Waals surface area (Å²) >= 11 is 1.97. The maximum Gasteiger partial charge on any atom is 0.122 e. The SMILES string of the molecule is COc1ccccc1CC(N)CC1Cc2ccccc2S1. The highest BCUT2D eigenvalue weighted by Gasteiger charge is 2.24. The molecule has 110 valence electrons. The van der Waals surface area contributed by atoms with Crippen molar-refractivity contribution in [3.05, 3.63) is 59.7 Å². The lowest BCUT2D eigenvalue weighted by Gasteiger charge is -2.17. The fourth-order valence-electron chi connectivity index (χ4n) is 2.96. The van der Waals surface area contributed by atoms with Gasteiger partial charge in [-0.2, -0.15) is 0 Å². The molecule has 3 heteroatoms. The smallest absolute Gasteiger partial charge is 0.122 e. The highest BCUT2D eigenvalue weighted by Crippen LogP contribution is 2.38. The van der Waals surface area contributed by atoms with Crippen molar-refractivity contribution in [2.24, 2.45) is 5.73 Å². The molecule has 2 N–H and O–H groups in total. The lowest BCUT2D eigenvalue weighted by Crippen LogP contribution is -2.27. The van der Waals surface area contributed by atoms with Crippen molar-refractivity contribution in [3.63, 3.8) is 0 Å². The molecule has 0 amide bonds. The van der Waals surface area contributed by atoms with Crippen molar-refractivity contribution < 1.29 is 4.74 Å². The average Bonchev–Trinajstić information content (AvgIpc) is 2.89. The normalized spacial score (nSPS) is 18.3. The van der Waals surface area contributed by atoms with E-state index >= 15 is 0 Å². The van der Waals surface area contributed by atoms with Crippen molar-refractivity contribution in [2.75, 3.05) is 7.11 Å². The Balaban J connectivity index is 1.59. The van der Waals surface area contributed by atoms with Crippen LogP contribution < -0.4 is 10.5 Å². The molecule has 0 bridgehead atoms. The fourth-order valence-corrected chi connectivity index (χ4v) is 4.39. The third-order valence-electron chi connectivity index (χ3n) is 3.95. The van der Waals surface area contributed by atoms with Crippen LogP contribution >= 0.6 is 11.8 Å². The van der Waals surface area contributed by atoms with Crippen LogP contribution in [-0.2, 0) is 12.8 Å². The van der Waals surface area contributed by atoms with Crippen LogP contribution in [0.3, 0.4) is 0 Å². The monoisotopic (exact) mass is 299 g/mol. The highest BCUT2D eigenvalue weighted by molar-refractivity contribution is 8.00. The summed E-state index contributed by atoms with van der Waals surface area (Å²) in [6, 6.07) is 17.0. The summed E-state index contributed by atoms with van der Waals surface area (Å²) in [4.78, 5) is 1.42. The molecule has 3 rings (SSSR count). The first kappa shape index (κ1) is 14.5. The molecule has 0 aliphatic carbocycles. The van der Waals surface area contributed by atoms with Crippen molar-refractivity contribution in [2.45, 2.75) is 35.4 Å². The predicted molar refractivity (Wildman–Crippen MR) is 89.1 cm³/mol. The lowest BCUT2D eigenvalue weighted by atomic mass is 9.99. The van der Waals surface area contributed by atoms with E-state index in [9.17, 15) is 0 Å². The van der Waals surface area contributed by atoms with Crippen LogP contribution in [0.15, 0.2) is 53.4 Å². The van der Waals surface area contributed by atoms with E-state index in [4.69, 9.17) is 10.5 Å². The first-order chi connectivity index (χ1) is 10.3. The highest BCUT2D eigenvalue weighted by atomic mass is 32.2. The van der Waals surface area contributed by atoms with E-state index in [0.29, 0.717) is 5.25 Å². The van der Waals surface area contributed by atoms with Gasteiger partial charge in [0.2, 0.25) is 0 Å². The molecule has 1 heterocycles. The Morgan fingerprint density at radius 3 is 2.76 bits per heavy atom. The van der Waals surface area contributed by atoms with Gasteiger partial charge < -0.3 is 10.5 Å². The Hall–Kier alpha value is -1.45. The minimum Gasteiger partial charge on any atom is -0.496 e. The number of methoxy groups -OCH3 is 1. The Bertz CT molecular complexity index is 589. The quantitative estimate of drug-likeness (QED) is 0.915. The molecule has 2 aromatic rings. The van der Waals surface area contributed by atoms with Gasteiger partial charge in [0.1, 0.15) is 5.75 Å². The molecular weight excluding hydrogens is 278 g/mol. The van der Waals surface area contributed by atoms with Gasteiger partial charge in [0.25, 0.3) is 0 Å². The zero-order chi connectivity index (χ0) is 14.7. The van der Waals surface area contributed by atoms with Crippen LogP contribution in [0.4, 0.5) is 0 Å². The minimum atomic E-state index is 0.174. The summed E-state index contributed by atoms with van der Waals surface area (Å²) in [5.74, 6) is 0.940. The van der Waals surface area contributed by atoms with Gasteiger partial charge in [0.15, 0.2) is 0 Å². The molecule has 0 saturated heterocycles. The molecule has 1 aliphatic heterocycles. The molecule has 21 heavy (non-hydrogen) atoms. The fraction of sp³-hybridized carbons (Fsp3) is 0.333. The Morgan fingerprint density at radius 2 is 1.95 bits per heavy atom. The Morgan fingerprint density at radius 1 is 1.19 bits per heavy atom. The zero-order valence-electron chi connectivity index (χ0n) is 12.3. The first-order valence-corrected chi connectivity index (χ1v) is 8.26. The van der Waals surface area contributed by atoms with E-state index in [0.717, 1.165) is 25.0 Å². The van der Waals surface area contributed by atoms with Crippen LogP contribution in [0.5, 0.6) is 5.75 Å². The van der Waals surface area contributed by atoms with Gasteiger partial charge in [-0.05, 0) is 42.5 Å². The summed E-state index contributed by atoms with van der Waals surface area (Å²) in [6.45, 7) is 0. The largest absolute Gasteiger partial charge is 0.496 e. The molecule has 2 nitrogen and oxygen atoms in total. The van der Waals surface area contributed by atoms with Gasteiger partial charge in [-0.3, -0.25) is 0 Å². The summed E-state index contributed by atoms with van der Waals surface area (Å²) in [5, 5.41) is 0.604. The van der Waals surface area contributed by atoms with E-state index in [1.54, 1.807) is 7.11 Å². The summed E-state index contributed by atoms with van der Waals surface area (Å²) in [6.07, 6.45) is 3.05. The second-order valence-electron chi connectivity index (χ2n) is 5.56. The Kier molecular flexibility index (Phi) is 4.51. The maximum atomic E-state index is 6.38. The summed E-state index contributed by atoms with van der Waals surface area (Å²) in [5.41, 5.74) is 9.05. The number of nitrogens with two attached hydrogens (primary N) is 1. The number of fused-ring (bicyclic) bond motifs is 1. The van der Waals surface area contributed by atoms with E-state index in [2.05, 4.69) is 30.3 Å². The lowest BCUT2D eigenvalue weighted by molar-refractivity contribution is 0.407. The molecule has 2 atom stereocenters. The third kappa shape index (κ3) is 3.42. The molecule has 1 aliphatic rings. The van der Waals surface area contributed by atoms with E-state index in [1.807, 2.05) is 30.0 Å². The molecule has 2 aromatic carbocycles. The molecule has 0 spiro atoms. The van der Waals surface area contributed by atoms with Gasteiger partial charge in [-0.25, -0.2) is 0 Å². The number of hydrogen-bond acceptors (Lipinski definition) is 3. The molecule has 0 aromatic heterocycles. The standard InChI is InChI=1S/C18H21NOS/c1-20-17-8-4-2-6-13(17)10-15(19)12-16-11-14-7-3-5-9-18(14)21-16/h2-9,15-16H,10-12,19H2,1H3. The van der Waals surface area contributed by atoms with Crippen LogP contribution in [0.25, 0.3) is 0 Å². The van der Waals surface area contributed by atoms with Gasteiger partial charge in [-0.1, -0.05) is 36.4 Å². The van der Waals surface area contributed by atoms with Crippen LogP contribution in [0.1, 0.15) is 17.5 Å². The van der Waals surface area contributed by atoms with Crippen molar-refractivity contribution in [1.82, 2.24) is 0 Å². The van der Waals surface area contributed by atoms with Gasteiger partial charge >= 0.3 is 0 Å². The number of thioether (sulfide) groups is 1. The predicted octanol–water partition coefficient (Wildman–Crippen LogP) is 3.67. The number of ether oxygens (including phenoxy) is 1. The average molecular weight is 299 g/mol. The van der Waals surface area contributed by atoms with Crippen LogP contribution in [0.2, 0.25) is 0 Å². The number of para-hydroxylation sites is 1. The minimum absolute atomic E-state index is 0.174. The molecular formula is C18H21NOS. The van der Waals surface area contributed by atoms with Crippen molar-refractivity contribution >= 4 is 11.8 Å². The number of rotatable bonds is 5. The van der Waals surface area contributed by atoms with Gasteiger partial charge in [0, 0.05) is 16.2 Å². The third-order valence-corrected chi connectivity index (χ3v) is 5.30. The molecule has 0 saturated carbocycles. The van der Waals surface area contributed by atoms with Crippen LogP contribution in [0, 0.1) is 0 Å². The first-order valence-electron chi connectivity index (χ1n) is 7.38. The zero-order valence-corrected chi connectivity index (χ0v) is 13.1. The Labute approximate surface area is 130 Å². The van der Waals surface area contributed by atoms with E-state index in [-0.39, 0.29) is 6.04 Å². The second-order valence-corrected chi connectivity index (χ2v) is 6.91. The second kappa shape index (κ2) is 6.54. The number of benzene rings is 2. The van der Waals surface area contributed by atoms with Crippen molar-refractivity contribution in [1.29, 1.82) is 0 Å². The molecule has 0 radical (unpaired) electrons. The molecule has 2 unspecified atom stereocenters. The summed E-state index contributed by atoms with van der Waals surface area (Å²) < 4.78 is 5.41. The van der Waals surface area contributed by atoms with Gasteiger partial charge in [0.05, 0.1) is 7.11 Å². The van der Waals surface area contributed by atoms with E-state index < -0.39 is 0 Å². The van der Waals surface area contributed by atoms with Gasteiger partial charge in [-0.15, -0.1) is 11.8 Å². The van der Waals surface area contributed by atoms with Crippen molar-refractivity contribution in [3.8, 4) is 5.75 Å². The van der Waals surface area contributed by atoms with Crippen LogP contribution in [-0.4, -0.2) is 18.4 Å². The maximum absolute atomic E-state index is 6.38. The number of hydrogen-bond donors (Lipinski definition) is 1.